The predicted molar refractivity (Wildman–Crippen MR) is 153 cm³/mol. The highest BCUT2D eigenvalue weighted by Gasteiger charge is 2.26. The normalized spacial score (nSPS) is 16.5. The summed E-state index contributed by atoms with van der Waals surface area (Å²) in [5, 5.41) is 11.4. The number of H-pyrrole nitrogens is 2. The van der Waals surface area contributed by atoms with Crippen molar-refractivity contribution in [1.82, 2.24) is 30.4 Å². The van der Waals surface area contributed by atoms with Gasteiger partial charge in [0, 0.05) is 48.9 Å². The summed E-state index contributed by atoms with van der Waals surface area (Å²) < 4.78 is 10.7. The van der Waals surface area contributed by atoms with Gasteiger partial charge in [0.15, 0.2) is 5.82 Å². The molecule has 0 spiro atoms. The van der Waals surface area contributed by atoms with E-state index in [1.54, 1.807) is 0 Å². The van der Waals surface area contributed by atoms with Crippen LogP contribution in [0.1, 0.15) is 43.0 Å². The molecule has 0 atom stereocenters. The summed E-state index contributed by atoms with van der Waals surface area (Å²) in [6, 6.07) is 11.8. The molecule has 11 heteroatoms. The lowest BCUT2D eigenvalue weighted by atomic mass is 10.0. The van der Waals surface area contributed by atoms with Crippen molar-refractivity contribution >= 4 is 39.6 Å². The van der Waals surface area contributed by atoms with Gasteiger partial charge in [-0.2, -0.15) is 5.10 Å². The quantitative estimate of drug-likeness (QED) is 0.299. The largest absolute Gasteiger partial charge is 0.450 e. The molecule has 4 aromatic rings. The van der Waals surface area contributed by atoms with Crippen LogP contribution in [-0.2, 0) is 9.47 Å². The van der Waals surface area contributed by atoms with Crippen LogP contribution in [0.15, 0.2) is 36.4 Å². The number of likely N-dealkylation sites (tertiary alicyclic amines) is 1. The molecule has 2 amide bonds. The van der Waals surface area contributed by atoms with Gasteiger partial charge in [0.1, 0.15) is 5.69 Å². The number of carbonyl (C=O) groups excluding carboxylic acids is 2. The third-order valence-electron chi connectivity index (χ3n) is 7.71. The Bertz CT molecular complexity index is 1500. The zero-order chi connectivity index (χ0) is 27.5. The summed E-state index contributed by atoms with van der Waals surface area (Å²) in [5.74, 6) is 0.625. The Hall–Kier alpha value is -4.12. The molecule has 2 aliphatic rings. The second-order valence-electron chi connectivity index (χ2n) is 10.4. The van der Waals surface area contributed by atoms with E-state index >= 15 is 0 Å². The predicted octanol–water partition coefficient (Wildman–Crippen LogP) is 4.07. The zero-order valence-electron chi connectivity index (χ0n) is 22.7. The van der Waals surface area contributed by atoms with Crippen molar-refractivity contribution in [2.45, 2.75) is 38.6 Å². The average Bonchev–Trinajstić information content (AvgIpc) is 3.61. The molecule has 0 aliphatic carbocycles. The lowest BCUT2D eigenvalue weighted by molar-refractivity contribution is 0.0702. The number of hydrogen-bond donors (Lipinski definition) is 3. The van der Waals surface area contributed by atoms with Crippen LogP contribution in [0.3, 0.4) is 0 Å². The Morgan fingerprint density at radius 2 is 1.90 bits per heavy atom. The number of piperidine rings is 1. The number of aromatic nitrogens is 4. The maximum absolute atomic E-state index is 13.4. The first-order valence-electron chi connectivity index (χ1n) is 14.1. The number of imidazole rings is 1. The third kappa shape index (κ3) is 5.46. The first kappa shape index (κ1) is 26.1. The monoisotopic (exact) mass is 545 g/mol. The fourth-order valence-electron chi connectivity index (χ4n) is 5.38. The van der Waals surface area contributed by atoms with Crippen molar-refractivity contribution in [3.63, 3.8) is 0 Å². The van der Waals surface area contributed by atoms with E-state index in [2.05, 4.69) is 44.5 Å². The fraction of sp³-hybridized carbons (Fsp3) is 0.448. The zero-order valence-corrected chi connectivity index (χ0v) is 22.7. The number of fused-ring (bicyclic) bond motifs is 2. The highest BCUT2D eigenvalue weighted by atomic mass is 16.5. The summed E-state index contributed by atoms with van der Waals surface area (Å²) in [4.78, 5) is 37.7. The molecule has 6 rings (SSSR count). The van der Waals surface area contributed by atoms with Crippen LogP contribution >= 0.6 is 0 Å². The summed E-state index contributed by atoms with van der Waals surface area (Å²) >= 11 is 0. The van der Waals surface area contributed by atoms with Gasteiger partial charge in [-0.3, -0.25) is 9.89 Å². The SMILES string of the molecule is CCCCOC(=O)NC1CCN(C(=O)c2ccc3[nH]nc(-c4nc5ccc(N6CCOCC6)cc5[nH]4)c3c2)CC1. The Morgan fingerprint density at radius 3 is 2.70 bits per heavy atom. The van der Waals surface area contributed by atoms with E-state index in [-0.39, 0.29) is 18.0 Å². The fourth-order valence-corrected chi connectivity index (χ4v) is 5.38. The van der Waals surface area contributed by atoms with Gasteiger partial charge in [0.2, 0.25) is 0 Å². The molecule has 3 N–H and O–H groups in total. The van der Waals surface area contributed by atoms with Crippen LogP contribution < -0.4 is 10.2 Å². The van der Waals surface area contributed by atoms with E-state index in [9.17, 15) is 9.59 Å². The van der Waals surface area contributed by atoms with Crippen LogP contribution in [0.4, 0.5) is 10.5 Å². The van der Waals surface area contributed by atoms with Crippen molar-refractivity contribution < 1.29 is 19.1 Å². The Balaban J connectivity index is 1.15. The molecule has 0 bridgehead atoms. The summed E-state index contributed by atoms with van der Waals surface area (Å²) in [6.07, 6.45) is 2.85. The Kier molecular flexibility index (Phi) is 7.54. The van der Waals surface area contributed by atoms with Crippen molar-refractivity contribution in [3.05, 3.63) is 42.0 Å². The lowest BCUT2D eigenvalue weighted by Crippen LogP contribution is -2.46. The van der Waals surface area contributed by atoms with E-state index in [0.29, 0.717) is 49.6 Å². The maximum Gasteiger partial charge on any atom is 0.407 e. The lowest BCUT2D eigenvalue weighted by Gasteiger charge is -2.32. The van der Waals surface area contributed by atoms with Crippen molar-refractivity contribution in [1.29, 1.82) is 0 Å². The molecule has 0 saturated carbocycles. The van der Waals surface area contributed by atoms with Gasteiger partial charge >= 0.3 is 6.09 Å². The smallest absolute Gasteiger partial charge is 0.407 e. The molecular weight excluding hydrogens is 510 g/mol. The molecule has 0 unspecified atom stereocenters. The number of hydrogen-bond acceptors (Lipinski definition) is 7. The van der Waals surface area contributed by atoms with Crippen molar-refractivity contribution in [3.8, 4) is 11.5 Å². The molecule has 40 heavy (non-hydrogen) atoms. The van der Waals surface area contributed by atoms with Gasteiger partial charge in [0.25, 0.3) is 5.91 Å². The summed E-state index contributed by atoms with van der Waals surface area (Å²) in [7, 11) is 0. The van der Waals surface area contributed by atoms with E-state index in [1.165, 1.54) is 0 Å². The minimum absolute atomic E-state index is 0.0120. The number of aromatic amines is 2. The van der Waals surface area contributed by atoms with Crippen LogP contribution in [0.25, 0.3) is 33.5 Å². The second-order valence-corrected chi connectivity index (χ2v) is 10.4. The van der Waals surface area contributed by atoms with E-state index in [0.717, 1.165) is 66.8 Å². The standard InChI is InChI=1S/C29H35N7O4/c1-2-3-14-40-29(38)30-20-8-10-36(11-9-20)28(37)19-4-6-23-22(17-19)26(34-33-23)27-31-24-7-5-21(18-25(24)32-27)35-12-15-39-16-13-35/h4-7,17-18,20H,2-3,8-16H2,1H3,(H,30,38)(H,31,32)(H,33,34). The maximum atomic E-state index is 13.4. The second kappa shape index (κ2) is 11.5. The number of amides is 2. The van der Waals surface area contributed by atoms with E-state index in [1.807, 2.05) is 29.2 Å². The van der Waals surface area contributed by atoms with Gasteiger partial charge in [0.05, 0.1) is 36.4 Å². The summed E-state index contributed by atoms with van der Waals surface area (Å²) in [5.41, 5.74) is 5.06. The number of anilines is 1. The van der Waals surface area contributed by atoms with Crippen LogP contribution in [0.5, 0.6) is 0 Å². The molecule has 2 aromatic carbocycles. The van der Waals surface area contributed by atoms with Crippen LogP contribution in [0.2, 0.25) is 0 Å². The molecule has 0 radical (unpaired) electrons. The average molecular weight is 546 g/mol. The number of rotatable bonds is 7. The van der Waals surface area contributed by atoms with E-state index < -0.39 is 0 Å². The Morgan fingerprint density at radius 1 is 1.07 bits per heavy atom. The number of nitrogens with one attached hydrogen (secondary N) is 3. The molecule has 2 aromatic heterocycles. The van der Waals surface area contributed by atoms with Gasteiger partial charge in [-0.25, -0.2) is 9.78 Å². The number of morpholine rings is 1. The topological polar surface area (TPSA) is 128 Å². The highest BCUT2D eigenvalue weighted by Crippen LogP contribution is 2.29. The first-order chi connectivity index (χ1) is 19.6. The molecule has 11 nitrogen and oxygen atoms in total. The molecule has 2 fully saturated rings. The number of carbonyl (C=O) groups is 2. The van der Waals surface area contributed by atoms with Crippen LogP contribution in [-0.4, -0.2) is 89.1 Å². The van der Waals surface area contributed by atoms with E-state index in [4.69, 9.17) is 14.5 Å². The van der Waals surface area contributed by atoms with Crippen LogP contribution in [0, 0.1) is 0 Å². The number of nitrogens with zero attached hydrogens (tertiary/aromatic N) is 4. The number of unbranched alkanes of at least 4 members (excludes halogenated alkanes) is 1. The van der Waals surface area contributed by atoms with Crippen molar-refractivity contribution in [2.75, 3.05) is 50.9 Å². The third-order valence-corrected chi connectivity index (χ3v) is 7.71. The summed E-state index contributed by atoms with van der Waals surface area (Å²) in [6.45, 7) is 6.83. The minimum Gasteiger partial charge on any atom is -0.450 e. The molecule has 2 saturated heterocycles. The van der Waals surface area contributed by atoms with Gasteiger partial charge in [-0.1, -0.05) is 13.3 Å². The molecule has 2 aliphatic heterocycles. The van der Waals surface area contributed by atoms with Gasteiger partial charge in [-0.05, 0) is 55.7 Å². The molecule has 210 valence electrons. The number of alkyl carbamates (subject to hydrolysis) is 1. The minimum atomic E-state index is -0.376. The highest BCUT2D eigenvalue weighted by molar-refractivity contribution is 6.01. The molecule has 4 heterocycles. The van der Waals surface area contributed by atoms with Gasteiger partial charge in [-0.15, -0.1) is 0 Å². The molecular formula is C29H35N7O4. The number of benzene rings is 2. The van der Waals surface area contributed by atoms with Gasteiger partial charge < -0.3 is 29.6 Å². The number of ether oxygens (including phenoxy) is 2. The first-order valence-corrected chi connectivity index (χ1v) is 14.1. The Labute approximate surface area is 232 Å². The van der Waals surface area contributed by atoms with Crippen molar-refractivity contribution in [2.24, 2.45) is 0 Å².